The maximum Gasteiger partial charge on any atom is 0.408 e. The first kappa shape index (κ1) is 76.5. The monoisotopic (exact) mass is 1380 g/mol. The second kappa shape index (κ2) is 33.0. The van der Waals surface area contributed by atoms with Crippen LogP contribution in [-0.4, -0.2) is 165 Å². The van der Waals surface area contributed by atoms with Crippen LogP contribution in [0.3, 0.4) is 0 Å². The van der Waals surface area contributed by atoms with Gasteiger partial charge in [0.15, 0.2) is 0 Å². The first-order valence-electron chi connectivity index (χ1n) is 31.4. The number of ether oxygens (including phenoxy) is 6. The van der Waals surface area contributed by atoms with Gasteiger partial charge in [-0.3, -0.25) is 58.3 Å². The molecule has 0 aliphatic carbocycles. The summed E-state index contributed by atoms with van der Waals surface area (Å²) in [4.78, 5) is 127. The van der Waals surface area contributed by atoms with Crippen molar-refractivity contribution in [3.8, 4) is 0 Å². The second-order valence-corrected chi connectivity index (χ2v) is 28.4. The number of pyridine rings is 2. The van der Waals surface area contributed by atoms with Gasteiger partial charge in [-0.25, -0.2) is 15.6 Å². The number of hydrogen-bond donors (Lipinski definition) is 6. The van der Waals surface area contributed by atoms with Gasteiger partial charge in [-0.05, 0) is 151 Å². The standard InChI is InChI=1S/C37H50Cl3N5O9.C30H39N5O6/c1-21(42-34(50)54-35(4,5)6)26-15-14-25-13-12-24(19-28(25)43-26)16-17-36(7,8)33(49)53-29(23(3)51-9)30(46)41-22(2)31(47)45-18-10-11-27(44-45)32(48)52-20-37(38,39)40;1-17-22-12-11-21-10-9-20(16-24(21)33-22)13-14-30(4,5)29(39)41-25(19(3)40-6)27(37)32-18(2)28(38)35-15-7-8-23(34-35)26(36)31-17/h12-17,19,21-23,27,29,44H,10-11,18,20H2,1-9H3,(H,41,46)(H,42,50);9-14,16-19,23,25,34H,7-8,15H2,1-6H3,(H,31,36)(H,32,37)/b17-16+;14-13+/t21-,22+,23-,27+,29+;17-,18+,19-,23+,25+/m11/s1. The van der Waals surface area contributed by atoms with Crippen molar-refractivity contribution in [1.82, 2.24) is 52.1 Å². The number of benzene rings is 2. The summed E-state index contributed by atoms with van der Waals surface area (Å²) in [5.74, 6) is -4.64. The number of amides is 6. The van der Waals surface area contributed by atoms with Gasteiger partial charge in [-0.15, -0.1) is 0 Å². The number of methoxy groups -OCH3 is 2. The Bertz CT molecular complexity index is 3520. The average Bonchev–Trinajstić information content (AvgIpc) is 1.16. The maximum absolute atomic E-state index is 13.5. The highest BCUT2D eigenvalue weighted by atomic mass is 35.6. The summed E-state index contributed by atoms with van der Waals surface area (Å²) in [6.45, 7) is 22.1. The first-order valence-corrected chi connectivity index (χ1v) is 32.5. The number of nitrogens with one attached hydrogen (secondary N) is 6. The lowest BCUT2D eigenvalue weighted by Gasteiger charge is -2.35. The summed E-state index contributed by atoms with van der Waals surface area (Å²) in [6, 6.07) is 14.6. The molecule has 0 saturated carbocycles. The molecule has 0 spiro atoms. The highest BCUT2D eigenvalue weighted by molar-refractivity contribution is 6.67. The van der Waals surface area contributed by atoms with E-state index in [-0.39, 0.29) is 18.5 Å². The zero-order valence-electron chi connectivity index (χ0n) is 56.4. The molecule has 5 bridgehead atoms. The molecule has 5 heterocycles. The molecular formula is C67H89Cl3N10O15. The fourth-order valence-corrected chi connectivity index (χ4v) is 10.0. The largest absolute Gasteiger partial charge is 0.460 e. The molecule has 518 valence electrons. The summed E-state index contributed by atoms with van der Waals surface area (Å²) in [6.07, 6.45) is 4.05. The lowest BCUT2D eigenvalue weighted by atomic mass is 9.92. The average molecular weight is 1380 g/mol. The van der Waals surface area contributed by atoms with E-state index in [4.69, 9.17) is 73.2 Å². The van der Waals surface area contributed by atoms with Gasteiger partial charge in [0.1, 0.15) is 48.6 Å². The fourth-order valence-electron chi connectivity index (χ4n) is 9.87. The lowest BCUT2D eigenvalue weighted by Crippen LogP contribution is -2.61. The van der Waals surface area contributed by atoms with Crippen LogP contribution in [0.25, 0.3) is 34.0 Å². The van der Waals surface area contributed by atoms with E-state index in [1.165, 1.54) is 31.2 Å². The van der Waals surface area contributed by atoms with E-state index < -0.39 is 129 Å². The zero-order chi connectivity index (χ0) is 70.5. The molecule has 2 saturated heterocycles. The van der Waals surface area contributed by atoms with Crippen LogP contribution in [0.5, 0.6) is 0 Å². The summed E-state index contributed by atoms with van der Waals surface area (Å²) < 4.78 is 30.7. The molecule has 3 aliphatic heterocycles. The van der Waals surface area contributed by atoms with Crippen molar-refractivity contribution in [3.05, 3.63) is 95.3 Å². The SMILES string of the molecule is CO[C@H](C)[C@@H]1OC(=O)C(C)(C)/C=C/c2ccc3ccc(nc3c2)[C@@H](C)NC(=O)[C@@H]2CCCN(N2)C(=O)[C@H](C)NC1=O.CO[C@H](C)[C@H](OC(=O)C(C)(C)/C=C/c1ccc2ccc([C@@H](C)NC(=O)OC(C)(C)C)nc2c1)C(=O)N[C@@H](C)C(=O)N1CCC[C@@H](C(=O)OCC(Cl)(Cl)Cl)N1. The molecule has 2 fully saturated rings. The maximum atomic E-state index is 13.5. The Labute approximate surface area is 569 Å². The van der Waals surface area contributed by atoms with Crippen molar-refractivity contribution in [2.24, 2.45) is 10.8 Å². The minimum Gasteiger partial charge on any atom is -0.460 e. The Morgan fingerprint density at radius 1 is 0.789 bits per heavy atom. The third kappa shape index (κ3) is 22.0. The van der Waals surface area contributed by atoms with Crippen LogP contribution >= 0.6 is 34.8 Å². The van der Waals surface area contributed by atoms with Crippen LogP contribution in [0.4, 0.5) is 4.79 Å². The molecule has 7 rings (SSSR count). The number of esters is 3. The van der Waals surface area contributed by atoms with Crippen molar-refractivity contribution < 1.29 is 71.6 Å². The summed E-state index contributed by atoms with van der Waals surface area (Å²) in [5, 5.41) is 15.4. The predicted molar refractivity (Wildman–Crippen MR) is 358 cm³/mol. The molecule has 0 radical (unpaired) electrons. The molecule has 0 unspecified atom stereocenters. The first-order chi connectivity index (χ1) is 44.4. The Hall–Kier alpha value is -7.52. The molecular weight excluding hydrogens is 1290 g/mol. The van der Waals surface area contributed by atoms with Gasteiger partial charge < -0.3 is 49.7 Å². The summed E-state index contributed by atoms with van der Waals surface area (Å²) in [7, 11) is 2.78. The van der Waals surface area contributed by atoms with E-state index in [9.17, 15) is 43.2 Å². The molecule has 25 nitrogen and oxygen atoms in total. The zero-order valence-corrected chi connectivity index (χ0v) is 58.6. The third-order valence-electron chi connectivity index (χ3n) is 15.8. The van der Waals surface area contributed by atoms with Crippen molar-refractivity contribution >= 4 is 122 Å². The van der Waals surface area contributed by atoms with Crippen molar-refractivity contribution in [2.75, 3.05) is 33.9 Å². The van der Waals surface area contributed by atoms with Crippen molar-refractivity contribution in [2.45, 2.75) is 186 Å². The molecule has 2 aromatic heterocycles. The minimum absolute atomic E-state index is 0.251. The highest BCUT2D eigenvalue weighted by Gasteiger charge is 2.40. The normalized spacial score (nSPS) is 21.9. The number of halogens is 3. The fraction of sp³-hybridized carbons (Fsp3) is 0.537. The lowest BCUT2D eigenvalue weighted by molar-refractivity contribution is -0.170. The smallest absolute Gasteiger partial charge is 0.408 e. The van der Waals surface area contributed by atoms with Gasteiger partial charge in [0, 0.05) is 38.1 Å². The number of aromatic nitrogens is 2. The topological polar surface area (TPSA) is 313 Å². The Kier molecular flexibility index (Phi) is 26.5. The Morgan fingerprint density at radius 2 is 1.43 bits per heavy atom. The van der Waals surface area contributed by atoms with Gasteiger partial charge in [-0.2, -0.15) is 0 Å². The van der Waals surface area contributed by atoms with Crippen molar-refractivity contribution in [1.29, 1.82) is 0 Å². The van der Waals surface area contributed by atoms with Crippen molar-refractivity contribution in [3.63, 3.8) is 0 Å². The van der Waals surface area contributed by atoms with Gasteiger partial charge in [0.25, 0.3) is 23.6 Å². The molecule has 6 amide bonds. The third-order valence-corrected chi connectivity index (χ3v) is 16.1. The predicted octanol–water partition coefficient (Wildman–Crippen LogP) is 8.13. The number of alkyl halides is 3. The number of carbonyl (C=O) groups excluding carboxylic acids is 9. The van der Waals surface area contributed by atoms with E-state index in [1.807, 2.05) is 74.5 Å². The molecule has 28 heteroatoms. The number of cyclic esters (lactones) is 1. The number of fused-ring (bicyclic) bond motifs is 5. The number of alkyl carbamates (subject to hydrolysis) is 1. The number of nitrogens with zero attached hydrogens (tertiary/aromatic N) is 4. The number of hydrogen-bond acceptors (Lipinski definition) is 19. The molecule has 6 N–H and O–H groups in total. The van der Waals surface area contributed by atoms with Gasteiger partial charge >= 0.3 is 24.0 Å². The van der Waals surface area contributed by atoms with Gasteiger partial charge in [0.05, 0.1) is 45.3 Å². The van der Waals surface area contributed by atoms with Crippen LogP contribution < -0.4 is 32.1 Å². The van der Waals surface area contributed by atoms with E-state index in [0.29, 0.717) is 49.1 Å². The van der Waals surface area contributed by atoms with E-state index in [0.717, 1.165) is 27.4 Å². The molecule has 10 atom stereocenters. The van der Waals surface area contributed by atoms with Crippen LogP contribution in [-0.2, 0) is 66.8 Å². The number of hydrazine groups is 2. The molecule has 2 aromatic carbocycles. The Balaban J connectivity index is 0.000000312. The molecule has 3 aliphatic rings. The summed E-state index contributed by atoms with van der Waals surface area (Å²) >= 11 is 17.0. The summed E-state index contributed by atoms with van der Waals surface area (Å²) in [5.41, 5.74) is 7.23. The minimum atomic E-state index is -1.78. The Morgan fingerprint density at radius 3 is 2.09 bits per heavy atom. The van der Waals surface area contributed by atoms with E-state index >= 15 is 0 Å². The van der Waals surface area contributed by atoms with Crippen LogP contribution in [0, 0.1) is 10.8 Å². The van der Waals surface area contributed by atoms with Gasteiger partial charge in [0.2, 0.25) is 21.9 Å². The van der Waals surface area contributed by atoms with Crippen LogP contribution in [0.15, 0.2) is 72.8 Å². The molecule has 4 aromatic rings. The van der Waals surface area contributed by atoms with Gasteiger partial charge in [-0.1, -0.05) is 95.5 Å². The van der Waals surface area contributed by atoms with E-state index in [1.54, 1.807) is 93.5 Å². The number of rotatable bonds is 15. The highest BCUT2D eigenvalue weighted by Crippen LogP contribution is 2.29. The quantitative estimate of drug-likeness (QED) is 0.0371. The van der Waals surface area contributed by atoms with Crippen LogP contribution in [0.1, 0.15) is 150 Å². The second-order valence-electron chi connectivity index (χ2n) is 25.9. The molecule has 95 heavy (non-hydrogen) atoms. The number of carbonyl (C=O) groups is 9. The van der Waals surface area contributed by atoms with Crippen LogP contribution in [0.2, 0.25) is 0 Å². The van der Waals surface area contributed by atoms with E-state index in [2.05, 4.69) is 32.1 Å².